The number of anilines is 2. The molecule has 0 aliphatic heterocycles. The minimum absolute atomic E-state index is 0.206. The SMILES string of the molecule is Nc1c(N)c(Br)c([N+](=O)[O-])c([N+](=O)[O-])c1Cl. The van der Waals surface area contributed by atoms with Gasteiger partial charge >= 0.3 is 11.4 Å². The van der Waals surface area contributed by atoms with Crippen molar-refractivity contribution in [1.82, 2.24) is 0 Å². The summed E-state index contributed by atoms with van der Waals surface area (Å²) in [5.41, 5.74) is 8.60. The molecule has 4 N–H and O–H groups in total. The van der Waals surface area contributed by atoms with Crippen LogP contribution in [0.2, 0.25) is 5.02 Å². The maximum Gasteiger partial charge on any atom is 0.367 e. The van der Waals surface area contributed by atoms with Gasteiger partial charge in [-0.05, 0) is 15.9 Å². The second-order valence-electron chi connectivity index (χ2n) is 2.67. The average molecular weight is 311 g/mol. The smallest absolute Gasteiger partial charge is 0.367 e. The van der Waals surface area contributed by atoms with Gasteiger partial charge in [0.2, 0.25) is 0 Å². The van der Waals surface area contributed by atoms with Crippen molar-refractivity contribution in [3.05, 3.63) is 29.7 Å². The lowest BCUT2D eigenvalue weighted by Gasteiger charge is -2.06. The van der Waals surface area contributed by atoms with Crippen LogP contribution in [0.15, 0.2) is 4.47 Å². The van der Waals surface area contributed by atoms with Crippen molar-refractivity contribution >= 4 is 50.3 Å². The van der Waals surface area contributed by atoms with E-state index in [9.17, 15) is 20.2 Å². The Hall–Kier alpha value is -1.61. The summed E-state index contributed by atoms with van der Waals surface area (Å²) in [6.45, 7) is 0. The zero-order valence-corrected chi connectivity index (χ0v) is 9.78. The fraction of sp³-hybridized carbons (Fsp3) is 0. The third kappa shape index (κ3) is 1.74. The molecule has 0 amide bonds. The highest BCUT2D eigenvalue weighted by atomic mass is 79.9. The van der Waals surface area contributed by atoms with Gasteiger partial charge in [0.15, 0.2) is 5.02 Å². The highest BCUT2D eigenvalue weighted by molar-refractivity contribution is 9.10. The van der Waals surface area contributed by atoms with Crippen molar-refractivity contribution in [1.29, 1.82) is 0 Å². The van der Waals surface area contributed by atoms with Crippen molar-refractivity contribution in [2.24, 2.45) is 0 Å². The predicted octanol–water partition coefficient (Wildman–Crippen LogP) is 2.08. The molecule has 0 radical (unpaired) electrons. The van der Waals surface area contributed by atoms with Crippen LogP contribution in [0.4, 0.5) is 22.7 Å². The minimum atomic E-state index is -0.985. The van der Waals surface area contributed by atoms with Crippen LogP contribution in [0.3, 0.4) is 0 Å². The Bertz CT molecular complexity index is 461. The fourth-order valence-corrected chi connectivity index (χ4v) is 1.84. The molecular weight excluding hydrogens is 307 g/mol. The van der Waals surface area contributed by atoms with Gasteiger partial charge in [-0.1, -0.05) is 11.6 Å². The number of hydrogen-bond acceptors (Lipinski definition) is 6. The first-order valence-electron chi connectivity index (χ1n) is 3.63. The number of nitrogens with zero attached hydrogens (tertiary/aromatic N) is 2. The normalized spacial score (nSPS) is 10.1. The molecule has 0 bridgehead atoms. The number of nitro groups is 2. The van der Waals surface area contributed by atoms with Crippen molar-refractivity contribution in [2.45, 2.75) is 0 Å². The maximum absolute atomic E-state index is 10.7. The average Bonchev–Trinajstić information content (AvgIpc) is 2.18. The van der Waals surface area contributed by atoms with E-state index in [-0.39, 0.29) is 15.8 Å². The molecule has 0 aromatic heterocycles. The molecule has 0 saturated carbocycles. The van der Waals surface area contributed by atoms with E-state index in [2.05, 4.69) is 15.9 Å². The van der Waals surface area contributed by atoms with E-state index < -0.39 is 26.2 Å². The molecule has 1 aromatic rings. The zero-order valence-electron chi connectivity index (χ0n) is 7.44. The van der Waals surface area contributed by atoms with E-state index >= 15 is 0 Å². The van der Waals surface area contributed by atoms with E-state index in [1.54, 1.807) is 0 Å². The Morgan fingerprint density at radius 2 is 1.50 bits per heavy atom. The summed E-state index contributed by atoms with van der Waals surface area (Å²) >= 11 is 8.32. The van der Waals surface area contributed by atoms with Gasteiger partial charge in [-0.25, -0.2) is 0 Å². The first kappa shape index (κ1) is 12.5. The van der Waals surface area contributed by atoms with E-state index in [4.69, 9.17) is 23.1 Å². The quantitative estimate of drug-likeness (QED) is 0.487. The molecule has 10 heteroatoms. The van der Waals surface area contributed by atoms with Gasteiger partial charge < -0.3 is 11.5 Å². The third-order valence-electron chi connectivity index (χ3n) is 1.77. The first-order valence-corrected chi connectivity index (χ1v) is 4.80. The largest absolute Gasteiger partial charge is 0.396 e. The topological polar surface area (TPSA) is 138 Å². The Morgan fingerprint density at radius 1 is 1.06 bits per heavy atom. The molecule has 8 nitrogen and oxygen atoms in total. The van der Waals surface area contributed by atoms with E-state index in [0.29, 0.717) is 0 Å². The molecule has 0 saturated heterocycles. The lowest BCUT2D eigenvalue weighted by molar-refractivity contribution is -0.422. The Balaban J connectivity index is 3.83. The number of halogens is 2. The number of nitrogen functional groups attached to an aromatic ring is 2. The molecule has 86 valence electrons. The summed E-state index contributed by atoms with van der Waals surface area (Å²) in [5, 5.41) is 20.8. The first-order chi connectivity index (χ1) is 7.29. The lowest BCUT2D eigenvalue weighted by Crippen LogP contribution is -2.05. The highest BCUT2D eigenvalue weighted by Crippen LogP contribution is 2.47. The van der Waals surface area contributed by atoms with E-state index in [0.717, 1.165) is 0 Å². The van der Waals surface area contributed by atoms with E-state index in [1.807, 2.05) is 0 Å². The molecule has 0 spiro atoms. The summed E-state index contributed by atoms with van der Waals surface area (Å²) in [5.74, 6) is 0. The van der Waals surface area contributed by atoms with Crippen molar-refractivity contribution in [2.75, 3.05) is 11.5 Å². The number of hydrogen-bond donors (Lipinski definition) is 2. The Kier molecular flexibility index (Phi) is 3.19. The monoisotopic (exact) mass is 310 g/mol. The van der Waals surface area contributed by atoms with Crippen molar-refractivity contribution in [3.63, 3.8) is 0 Å². The fourth-order valence-electron chi connectivity index (χ4n) is 1.03. The zero-order chi connectivity index (χ0) is 12.6. The summed E-state index contributed by atoms with van der Waals surface area (Å²) in [4.78, 5) is 19.4. The molecular formula is C6H4BrClN4O4. The molecule has 0 aliphatic rings. The minimum Gasteiger partial charge on any atom is -0.396 e. The van der Waals surface area contributed by atoms with E-state index in [1.165, 1.54) is 0 Å². The Labute approximate surface area is 102 Å². The summed E-state index contributed by atoms with van der Waals surface area (Å²) in [6, 6.07) is 0. The molecule has 16 heavy (non-hydrogen) atoms. The lowest BCUT2D eigenvalue weighted by atomic mass is 10.2. The maximum atomic E-state index is 10.7. The summed E-state index contributed by atoms with van der Waals surface area (Å²) < 4.78 is -0.258. The van der Waals surface area contributed by atoms with Crippen LogP contribution in [0, 0.1) is 20.2 Å². The van der Waals surface area contributed by atoms with Crippen LogP contribution < -0.4 is 11.5 Å². The van der Waals surface area contributed by atoms with Gasteiger partial charge in [0.25, 0.3) is 0 Å². The number of nitrogens with two attached hydrogens (primary N) is 2. The number of benzene rings is 1. The highest BCUT2D eigenvalue weighted by Gasteiger charge is 2.35. The van der Waals surface area contributed by atoms with Gasteiger partial charge in [-0.15, -0.1) is 0 Å². The summed E-state index contributed by atoms with van der Waals surface area (Å²) in [7, 11) is 0. The van der Waals surface area contributed by atoms with Gasteiger partial charge in [-0.3, -0.25) is 20.2 Å². The molecule has 0 aliphatic carbocycles. The van der Waals surface area contributed by atoms with Crippen molar-refractivity contribution in [3.8, 4) is 0 Å². The molecule has 0 heterocycles. The van der Waals surface area contributed by atoms with Crippen LogP contribution in [-0.2, 0) is 0 Å². The van der Waals surface area contributed by atoms with Crippen LogP contribution in [-0.4, -0.2) is 9.85 Å². The van der Waals surface area contributed by atoms with Crippen LogP contribution in [0.5, 0.6) is 0 Å². The van der Waals surface area contributed by atoms with Crippen LogP contribution in [0.1, 0.15) is 0 Å². The van der Waals surface area contributed by atoms with Gasteiger partial charge in [-0.2, -0.15) is 0 Å². The molecule has 1 rings (SSSR count). The number of rotatable bonds is 2. The third-order valence-corrected chi connectivity index (χ3v) is 2.95. The molecule has 0 atom stereocenters. The van der Waals surface area contributed by atoms with Gasteiger partial charge in [0.1, 0.15) is 4.47 Å². The van der Waals surface area contributed by atoms with Crippen LogP contribution in [0.25, 0.3) is 0 Å². The second-order valence-corrected chi connectivity index (χ2v) is 3.84. The van der Waals surface area contributed by atoms with Gasteiger partial charge in [0, 0.05) is 0 Å². The van der Waals surface area contributed by atoms with Gasteiger partial charge in [0.05, 0.1) is 21.2 Å². The van der Waals surface area contributed by atoms with Crippen molar-refractivity contribution < 1.29 is 9.85 Å². The molecule has 0 unspecified atom stereocenters. The summed E-state index contributed by atoms with van der Waals surface area (Å²) in [6.07, 6.45) is 0. The standard InChI is InChI=1S/C6H4BrClN4O4/c7-1-3(9)4(10)2(8)6(12(15)16)5(1)11(13)14/h9-10H2. The number of nitro benzene ring substituents is 2. The second kappa shape index (κ2) is 4.10. The predicted molar refractivity (Wildman–Crippen MR) is 61.3 cm³/mol. The Morgan fingerprint density at radius 3 is 1.88 bits per heavy atom. The molecule has 0 fully saturated rings. The van der Waals surface area contributed by atoms with Crippen LogP contribution >= 0.6 is 27.5 Å². The molecule has 1 aromatic carbocycles.